The molecule has 0 saturated carbocycles. The zero-order chi connectivity index (χ0) is 16.1. The van der Waals surface area contributed by atoms with Crippen LogP contribution >= 0.6 is 24.0 Å². The van der Waals surface area contributed by atoms with Gasteiger partial charge in [-0.3, -0.25) is 4.79 Å². The number of amides is 1. The van der Waals surface area contributed by atoms with Gasteiger partial charge in [0.2, 0.25) is 17.6 Å². The van der Waals surface area contributed by atoms with Gasteiger partial charge in [-0.05, 0) is 31.5 Å². The minimum Gasteiger partial charge on any atom is -0.355 e. The van der Waals surface area contributed by atoms with Crippen molar-refractivity contribution in [3.63, 3.8) is 0 Å². The number of hydrogen-bond donors (Lipinski definition) is 2. The molecule has 1 aliphatic rings. The van der Waals surface area contributed by atoms with Crippen LogP contribution < -0.4 is 10.6 Å². The molecule has 1 fully saturated rings. The van der Waals surface area contributed by atoms with Gasteiger partial charge in [0.05, 0.1) is 5.92 Å². The molecule has 1 aromatic heterocycles. The topological polar surface area (TPSA) is 80.1 Å². The lowest BCUT2D eigenvalue weighted by molar-refractivity contribution is -0.125. The molecule has 0 radical (unpaired) electrons. The van der Waals surface area contributed by atoms with Crippen molar-refractivity contribution in [1.82, 2.24) is 20.8 Å². The van der Waals surface area contributed by atoms with E-state index < -0.39 is 0 Å². The summed E-state index contributed by atoms with van der Waals surface area (Å²) in [5.41, 5.74) is 0.810. The number of carbonyl (C=O) groups is 1. The number of rotatable bonds is 5. The van der Waals surface area contributed by atoms with Crippen molar-refractivity contribution in [2.24, 2.45) is 5.92 Å². The molecule has 2 aromatic rings. The van der Waals surface area contributed by atoms with Gasteiger partial charge in [0.1, 0.15) is 0 Å². The van der Waals surface area contributed by atoms with Crippen LogP contribution in [0.5, 0.6) is 0 Å². The molecule has 1 aromatic carbocycles. The van der Waals surface area contributed by atoms with Gasteiger partial charge in [0.15, 0.2) is 0 Å². The molecule has 1 amide bonds. The van der Waals surface area contributed by atoms with E-state index in [1.807, 2.05) is 12.1 Å². The first-order valence-electron chi connectivity index (χ1n) is 7.79. The van der Waals surface area contributed by atoms with Gasteiger partial charge in [-0.2, -0.15) is 4.98 Å². The van der Waals surface area contributed by atoms with E-state index in [0.717, 1.165) is 31.5 Å². The fourth-order valence-electron chi connectivity index (χ4n) is 2.61. The Bertz CT molecular complexity index is 672. The van der Waals surface area contributed by atoms with E-state index in [4.69, 9.17) is 16.1 Å². The zero-order valence-corrected chi connectivity index (χ0v) is 14.7. The number of benzene rings is 1. The molecule has 0 spiro atoms. The minimum atomic E-state index is 0. The number of hydrogen-bond acceptors (Lipinski definition) is 5. The highest BCUT2D eigenvalue weighted by Gasteiger charge is 2.20. The number of piperidine rings is 1. The third-order valence-corrected chi connectivity index (χ3v) is 4.09. The third kappa shape index (κ3) is 4.93. The lowest BCUT2D eigenvalue weighted by Crippen LogP contribution is -2.41. The SMILES string of the molecule is Cl.O=C(NCCc1nc(-c2cccc(Cl)c2)no1)C1CCCNC1. The van der Waals surface area contributed by atoms with Gasteiger partial charge in [0, 0.05) is 30.1 Å². The summed E-state index contributed by atoms with van der Waals surface area (Å²) in [6.45, 7) is 2.25. The quantitative estimate of drug-likeness (QED) is 0.844. The fourth-order valence-corrected chi connectivity index (χ4v) is 2.80. The second kappa shape index (κ2) is 9.01. The monoisotopic (exact) mass is 370 g/mol. The molecule has 1 saturated heterocycles. The van der Waals surface area contributed by atoms with E-state index in [1.54, 1.807) is 12.1 Å². The Morgan fingerprint density at radius 2 is 2.33 bits per heavy atom. The molecule has 0 bridgehead atoms. The molecule has 3 rings (SSSR count). The molecule has 1 unspecified atom stereocenters. The fraction of sp³-hybridized carbons (Fsp3) is 0.438. The van der Waals surface area contributed by atoms with Crippen LogP contribution in [-0.4, -0.2) is 35.7 Å². The maximum Gasteiger partial charge on any atom is 0.228 e. The van der Waals surface area contributed by atoms with Gasteiger partial charge in [-0.25, -0.2) is 0 Å². The maximum atomic E-state index is 12.0. The Kier molecular flexibility index (Phi) is 7.02. The summed E-state index contributed by atoms with van der Waals surface area (Å²) in [7, 11) is 0. The van der Waals surface area contributed by atoms with Crippen LogP contribution in [0, 0.1) is 5.92 Å². The first-order chi connectivity index (χ1) is 11.2. The second-order valence-corrected chi connectivity index (χ2v) is 6.04. The first kappa shape index (κ1) is 18.7. The molecule has 2 heterocycles. The van der Waals surface area contributed by atoms with E-state index in [0.29, 0.717) is 29.7 Å². The number of nitrogens with zero attached hydrogens (tertiary/aromatic N) is 2. The Morgan fingerprint density at radius 3 is 3.08 bits per heavy atom. The van der Waals surface area contributed by atoms with Crippen molar-refractivity contribution in [2.45, 2.75) is 19.3 Å². The molecule has 1 atom stereocenters. The van der Waals surface area contributed by atoms with Gasteiger partial charge in [-0.15, -0.1) is 12.4 Å². The van der Waals surface area contributed by atoms with Crippen molar-refractivity contribution >= 4 is 29.9 Å². The van der Waals surface area contributed by atoms with Crippen LogP contribution in [0.3, 0.4) is 0 Å². The summed E-state index contributed by atoms with van der Waals surface area (Å²) in [6.07, 6.45) is 2.50. The Morgan fingerprint density at radius 1 is 1.46 bits per heavy atom. The third-order valence-electron chi connectivity index (χ3n) is 3.86. The Hall–Kier alpha value is -1.63. The van der Waals surface area contributed by atoms with E-state index >= 15 is 0 Å². The van der Waals surface area contributed by atoms with Crippen LogP contribution in [0.1, 0.15) is 18.7 Å². The molecule has 1 aliphatic heterocycles. The molecule has 8 heteroatoms. The smallest absolute Gasteiger partial charge is 0.228 e. The molecule has 130 valence electrons. The van der Waals surface area contributed by atoms with Crippen molar-refractivity contribution in [1.29, 1.82) is 0 Å². The number of carbonyl (C=O) groups excluding carboxylic acids is 1. The summed E-state index contributed by atoms with van der Waals surface area (Å²) < 4.78 is 5.22. The summed E-state index contributed by atoms with van der Waals surface area (Å²) in [5, 5.41) is 10.7. The lowest BCUT2D eigenvalue weighted by Gasteiger charge is -2.21. The Balaban J connectivity index is 0.00000208. The first-order valence-corrected chi connectivity index (χ1v) is 8.17. The lowest BCUT2D eigenvalue weighted by atomic mass is 9.99. The molecule has 24 heavy (non-hydrogen) atoms. The van der Waals surface area contributed by atoms with Crippen LogP contribution in [0.4, 0.5) is 0 Å². The standard InChI is InChI=1S/C16H19ClN4O2.ClH/c17-13-5-1-3-11(9-13)15-20-14(23-21-15)6-8-19-16(22)12-4-2-7-18-10-12;/h1,3,5,9,12,18H,2,4,6-8,10H2,(H,19,22);1H. The van der Waals surface area contributed by atoms with Crippen LogP contribution in [0.2, 0.25) is 5.02 Å². The number of aromatic nitrogens is 2. The average molecular weight is 371 g/mol. The van der Waals surface area contributed by atoms with Crippen molar-refractivity contribution in [3.8, 4) is 11.4 Å². The van der Waals surface area contributed by atoms with Crippen molar-refractivity contribution < 1.29 is 9.32 Å². The summed E-state index contributed by atoms with van der Waals surface area (Å²) in [5.74, 6) is 1.16. The van der Waals surface area contributed by atoms with E-state index in [9.17, 15) is 4.79 Å². The number of nitrogens with one attached hydrogen (secondary N) is 2. The highest BCUT2D eigenvalue weighted by molar-refractivity contribution is 6.30. The number of halogens is 2. The molecule has 2 N–H and O–H groups in total. The minimum absolute atomic E-state index is 0. The van der Waals surface area contributed by atoms with Crippen LogP contribution in [-0.2, 0) is 11.2 Å². The molecule has 6 nitrogen and oxygen atoms in total. The maximum absolute atomic E-state index is 12.0. The van der Waals surface area contributed by atoms with Gasteiger partial charge >= 0.3 is 0 Å². The predicted octanol–water partition coefficient (Wildman–Crippen LogP) is 2.47. The van der Waals surface area contributed by atoms with Gasteiger partial charge in [-0.1, -0.05) is 28.9 Å². The van der Waals surface area contributed by atoms with Gasteiger partial charge in [0.25, 0.3) is 0 Å². The second-order valence-electron chi connectivity index (χ2n) is 5.61. The molecular formula is C16H20Cl2N4O2. The normalized spacial score (nSPS) is 17.1. The summed E-state index contributed by atoms with van der Waals surface area (Å²) >= 11 is 5.96. The van der Waals surface area contributed by atoms with Crippen LogP contribution in [0.15, 0.2) is 28.8 Å². The van der Waals surface area contributed by atoms with E-state index in [1.165, 1.54) is 0 Å². The predicted molar refractivity (Wildman–Crippen MR) is 94.3 cm³/mol. The van der Waals surface area contributed by atoms with E-state index in [2.05, 4.69) is 20.8 Å². The zero-order valence-electron chi connectivity index (χ0n) is 13.1. The average Bonchev–Trinajstić information content (AvgIpc) is 3.04. The molecular weight excluding hydrogens is 351 g/mol. The van der Waals surface area contributed by atoms with Crippen molar-refractivity contribution in [3.05, 3.63) is 35.2 Å². The largest absolute Gasteiger partial charge is 0.355 e. The highest BCUT2D eigenvalue weighted by atomic mass is 35.5. The van der Waals surface area contributed by atoms with E-state index in [-0.39, 0.29) is 24.2 Å². The highest BCUT2D eigenvalue weighted by Crippen LogP contribution is 2.19. The Labute approximate surface area is 151 Å². The summed E-state index contributed by atoms with van der Waals surface area (Å²) in [4.78, 5) is 16.4. The molecule has 0 aliphatic carbocycles. The summed E-state index contributed by atoms with van der Waals surface area (Å²) in [6, 6.07) is 7.29. The van der Waals surface area contributed by atoms with Crippen LogP contribution in [0.25, 0.3) is 11.4 Å². The van der Waals surface area contributed by atoms with Gasteiger partial charge < -0.3 is 15.2 Å². The van der Waals surface area contributed by atoms with Crippen molar-refractivity contribution in [2.75, 3.05) is 19.6 Å².